The zero-order chi connectivity index (χ0) is 10.4. The van der Waals surface area contributed by atoms with Crippen LogP contribution in [0.5, 0.6) is 0 Å². The summed E-state index contributed by atoms with van der Waals surface area (Å²) < 4.78 is 1.72. The van der Waals surface area contributed by atoms with Crippen molar-refractivity contribution in [2.24, 2.45) is 7.05 Å². The van der Waals surface area contributed by atoms with E-state index in [0.717, 1.165) is 24.5 Å². The number of nitrogens with two attached hydrogens (primary N) is 1. The number of nitrogens with one attached hydrogen (secondary N) is 1. The molecule has 14 heavy (non-hydrogen) atoms. The fourth-order valence-corrected chi connectivity index (χ4v) is 1.72. The van der Waals surface area contributed by atoms with Crippen molar-refractivity contribution in [1.29, 1.82) is 0 Å². The summed E-state index contributed by atoms with van der Waals surface area (Å²) in [7, 11) is 1.87. The Morgan fingerprint density at radius 1 is 1.57 bits per heavy atom. The third kappa shape index (κ3) is 3.49. The van der Waals surface area contributed by atoms with E-state index in [-0.39, 0.29) is 0 Å². The standard InChI is InChI=1S/C9H18N4S/c1-13-7-8(10)9(12-13)11-5-3-4-6-14-2/h7H,3-6,10H2,1-2H3,(H,11,12). The van der Waals surface area contributed by atoms with Crippen LogP contribution < -0.4 is 11.1 Å². The molecule has 0 aromatic carbocycles. The van der Waals surface area contributed by atoms with Crippen LogP contribution in [0.25, 0.3) is 0 Å². The van der Waals surface area contributed by atoms with Gasteiger partial charge in [-0.2, -0.15) is 16.9 Å². The Bertz CT molecular complexity index is 272. The zero-order valence-electron chi connectivity index (χ0n) is 8.79. The molecule has 0 bridgehead atoms. The van der Waals surface area contributed by atoms with Crippen molar-refractivity contribution in [3.8, 4) is 0 Å². The molecule has 0 unspecified atom stereocenters. The molecule has 0 aliphatic rings. The summed E-state index contributed by atoms with van der Waals surface area (Å²) >= 11 is 1.88. The fraction of sp³-hybridized carbons (Fsp3) is 0.667. The maximum Gasteiger partial charge on any atom is 0.171 e. The van der Waals surface area contributed by atoms with Gasteiger partial charge in [-0.15, -0.1) is 0 Å². The SMILES string of the molecule is CSCCCCNc1nn(C)cc1N. The molecule has 4 nitrogen and oxygen atoms in total. The summed E-state index contributed by atoms with van der Waals surface area (Å²) in [5, 5.41) is 7.43. The molecule has 0 saturated carbocycles. The Morgan fingerprint density at radius 3 is 2.93 bits per heavy atom. The van der Waals surface area contributed by atoms with E-state index in [1.165, 1.54) is 12.2 Å². The number of thioether (sulfide) groups is 1. The molecular formula is C9H18N4S. The molecule has 0 aliphatic carbocycles. The van der Waals surface area contributed by atoms with E-state index in [0.29, 0.717) is 0 Å². The quantitative estimate of drug-likeness (QED) is 0.706. The van der Waals surface area contributed by atoms with Crippen LogP contribution in [-0.2, 0) is 7.05 Å². The van der Waals surface area contributed by atoms with E-state index in [2.05, 4.69) is 16.7 Å². The van der Waals surface area contributed by atoms with Crippen molar-refractivity contribution in [2.75, 3.05) is 29.6 Å². The summed E-state index contributed by atoms with van der Waals surface area (Å²) in [6, 6.07) is 0. The van der Waals surface area contributed by atoms with Crippen molar-refractivity contribution in [3.05, 3.63) is 6.20 Å². The van der Waals surface area contributed by atoms with Gasteiger partial charge in [0.05, 0.1) is 5.69 Å². The first-order chi connectivity index (χ1) is 6.74. The van der Waals surface area contributed by atoms with Gasteiger partial charge in [-0.05, 0) is 24.9 Å². The van der Waals surface area contributed by atoms with Gasteiger partial charge < -0.3 is 11.1 Å². The Morgan fingerprint density at radius 2 is 2.36 bits per heavy atom. The molecule has 5 heteroatoms. The molecule has 0 amide bonds. The van der Waals surface area contributed by atoms with Crippen LogP contribution in [-0.4, -0.2) is 28.3 Å². The summed E-state index contributed by atoms with van der Waals surface area (Å²) in [5.41, 5.74) is 6.45. The highest BCUT2D eigenvalue weighted by molar-refractivity contribution is 7.98. The largest absolute Gasteiger partial charge is 0.394 e. The highest BCUT2D eigenvalue weighted by atomic mass is 32.2. The molecule has 0 spiro atoms. The molecular weight excluding hydrogens is 196 g/mol. The molecule has 1 aromatic rings. The average Bonchev–Trinajstić information content (AvgIpc) is 2.45. The molecule has 0 aliphatic heterocycles. The molecule has 1 heterocycles. The number of hydrogen-bond acceptors (Lipinski definition) is 4. The molecule has 3 N–H and O–H groups in total. The monoisotopic (exact) mass is 214 g/mol. The summed E-state index contributed by atoms with van der Waals surface area (Å²) in [6.45, 7) is 0.946. The fourth-order valence-electron chi connectivity index (χ4n) is 1.22. The first-order valence-corrected chi connectivity index (χ1v) is 6.15. The predicted molar refractivity (Wildman–Crippen MR) is 63.7 cm³/mol. The van der Waals surface area contributed by atoms with Gasteiger partial charge in [0.1, 0.15) is 0 Å². The predicted octanol–water partition coefficient (Wildman–Crippen LogP) is 1.56. The molecule has 0 radical (unpaired) electrons. The van der Waals surface area contributed by atoms with Crippen LogP contribution >= 0.6 is 11.8 Å². The molecule has 1 aromatic heterocycles. The second-order valence-electron chi connectivity index (χ2n) is 3.23. The molecule has 0 saturated heterocycles. The van der Waals surface area contributed by atoms with Crippen LogP contribution in [0.4, 0.5) is 11.5 Å². The topological polar surface area (TPSA) is 55.9 Å². The van der Waals surface area contributed by atoms with Crippen molar-refractivity contribution >= 4 is 23.3 Å². The number of hydrogen-bond donors (Lipinski definition) is 2. The molecule has 0 fully saturated rings. The minimum Gasteiger partial charge on any atom is -0.394 e. The van der Waals surface area contributed by atoms with Crippen molar-refractivity contribution < 1.29 is 0 Å². The van der Waals surface area contributed by atoms with E-state index in [1.807, 2.05) is 25.0 Å². The van der Waals surface area contributed by atoms with E-state index < -0.39 is 0 Å². The van der Waals surface area contributed by atoms with E-state index in [4.69, 9.17) is 5.73 Å². The number of nitrogen functional groups attached to an aromatic ring is 1. The first-order valence-electron chi connectivity index (χ1n) is 4.76. The minimum atomic E-state index is 0.720. The average molecular weight is 214 g/mol. The smallest absolute Gasteiger partial charge is 0.171 e. The van der Waals surface area contributed by atoms with Gasteiger partial charge in [0.15, 0.2) is 5.82 Å². The normalized spacial score (nSPS) is 10.4. The maximum absolute atomic E-state index is 5.73. The maximum atomic E-state index is 5.73. The lowest BCUT2D eigenvalue weighted by molar-refractivity contribution is 0.763. The van der Waals surface area contributed by atoms with E-state index in [9.17, 15) is 0 Å². The van der Waals surface area contributed by atoms with Crippen LogP contribution in [0.15, 0.2) is 6.20 Å². The second kappa shape index (κ2) is 5.80. The Labute approximate surface area is 89.2 Å². The Balaban J connectivity index is 2.21. The number of rotatable bonds is 6. The lowest BCUT2D eigenvalue weighted by Crippen LogP contribution is -2.04. The molecule has 0 atom stereocenters. The minimum absolute atomic E-state index is 0.720. The van der Waals surface area contributed by atoms with Gasteiger partial charge in [-0.3, -0.25) is 4.68 Å². The zero-order valence-corrected chi connectivity index (χ0v) is 9.60. The van der Waals surface area contributed by atoms with E-state index >= 15 is 0 Å². The van der Waals surface area contributed by atoms with Crippen LogP contribution in [0.2, 0.25) is 0 Å². The number of aryl methyl sites for hydroxylation is 1. The lowest BCUT2D eigenvalue weighted by Gasteiger charge is -2.02. The third-order valence-corrected chi connectivity index (χ3v) is 2.62. The number of aromatic nitrogens is 2. The summed E-state index contributed by atoms with van der Waals surface area (Å²) in [4.78, 5) is 0. The molecule has 80 valence electrons. The number of unbranched alkanes of at least 4 members (excludes halogenated alkanes) is 1. The van der Waals surface area contributed by atoms with Crippen LogP contribution in [0.1, 0.15) is 12.8 Å². The highest BCUT2D eigenvalue weighted by Crippen LogP contribution is 2.14. The van der Waals surface area contributed by atoms with Crippen LogP contribution in [0, 0.1) is 0 Å². The van der Waals surface area contributed by atoms with Gasteiger partial charge in [-0.25, -0.2) is 0 Å². The first kappa shape index (κ1) is 11.2. The van der Waals surface area contributed by atoms with Gasteiger partial charge >= 0.3 is 0 Å². The number of anilines is 2. The third-order valence-electron chi connectivity index (χ3n) is 1.92. The van der Waals surface area contributed by atoms with Crippen molar-refractivity contribution in [3.63, 3.8) is 0 Å². The lowest BCUT2D eigenvalue weighted by atomic mass is 10.3. The Hall–Kier alpha value is -0.840. The van der Waals surface area contributed by atoms with Crippen LogP contribution in [0.3, 0.4) is 0 Å². The molecule has 1 rings (SSSR count). The van der Waals surface area contributed by atoms with Gasteiger partial charge in [-0.1, -0.05) is 0 Å². The Kier molecular flexibility index (Phi) is 4.65. The van der Waals surface area contributed by atoms with Gasteiger partial charge in [0, 0.05) is 19.8 Å². The second-order valence-corrected chi connectivity index (χ2v) is 4.22. The van der Waals surface area contributed by atoms with Gasteiger partial charge in [0.25, 0.3) is 0 Å². The summed E-state index contributed by atoms with van der Waals surface area (Å²) in [5.74, 6) is 2.02. The highest BCUT2D eigenvalue weighted by Gasteiger charge is 2.01. The van der Waals surface area contributed by atoms with Crippen molar-refractivity contribution in [1.82, 2.24) is 9.78 Å². The summed E-state index contributed by atoms with van der Waals surface area (Å²) in [6.07, 6.45) is 6.34. The van der Waals surface area contributed by atoms with E-state index in [1.54, 1.807) is 4.68 Å². The van der Waals surface area contributed by atoms with Gasteiger partial charge in [0.2, 0.25) is 0 Å². The number of nitrogens with zero attached hydrogens (tertiary/aromatic N) is 2. The van der Waals surface area contributed by atoms with Crippen molar-refractivity contribution in [2.45, 2.75) is 12.8 Å².